The summed E-state index contributed by atoms with van der Waals surface area (Å²) in [4.78, 5) is 34.2. The normalized spacial score (nSPS) is 14.6. The van der Waals surface area contributed by atoms with E-state index in [0.29, 0.717) is 48.1 Å². The number of amides is 2. The van der Waals surface area contributed by atoms with E-state index in [2.05, 4.69) is 18.8 Å². The summed E-state index contributed by atoms with van der Waals surface area (Å²) in [6.07, 6.45) is 0.869. The topological polar surface area (TPSA) is 53.5 Å². The number of aryl methyl sites for hydroxylation is 2. The second kappa shape index (κ2) is 8.39. The van der Waals surface area contributed by atoms with Gasteiger partial charge in [0.2, 0.25) is 0 Å². The van der Waals surface area contributed by atoms with Gasteiger partial charge in [-0.05, 0) is 37.5 Å². The van der Waals surface area contributed by atoms with Crippen LogP contribution in [0.1, 0.15) is 50.1 Å². The summed E-state index contributed by atoms with van der Waals surface area (Å²) in [5, 5.41) is 0.992. The monoisotopic (exact) mass is 403 g/mol. The van der Waals surface area contributed by atoms with Crippen molar-refractivity contribution in [2.45, 2.75) is 34.1 Å². The third-order valence-electron chi connectivity index (χ3n) is 4.89. The Bertz CT molecular complexity index is 886. The van der Waals surface area contributed by atoms with E-state index in [0.717, 1.165) is 17.1 Å². The summed E-state index contributed by atoms with van der Waals surface area (Å²) in [5.41, 5.74) is 1.64. The van der Waals surface area contributed by atoms with Crippen LogP contribution in [0, 0.1) is 25.6 Å². The molecule has 2 heterocycles. The lowest BCUT2D eigenvalue weighted by atomic mass is 10.1. The Kier molecular flexibility index (Phi) is 6.13. The molecule has 2 aromatic rings. The Hall–Kier alpha value is -2.28. The third kappa shape index (κ3) is 4.41. The molecule has 0 saturated carbocycles. The number of piperazine rings is 1. The van der Waals surface area contributed by atoms with E-state index in [-0.39, 0.29) is 17.6 Å². The summed E-state index contributed by atoms with van der Waals surface area (Å²) in [6.45, 7) is 9.63. The van der Waals surface area contributed by atoms with Gasteiger partial charge in [-0.25, -0.2) is 9.37 Å². The molecule has 1 aliphatic heterocycles. The maximum absolute atomic E-state index is 13.8. The second-order valence-corrected chi connectivity index (χ2v) is 8.75. The van der Waals surface area contributed by atoms with Crippen molar-refractivity contribution >= 4 is 23.2 Å². The van der Waals surface area contributed by atoms with Gasteiger partial charge >= 0.3 is 0 Å². The van der Waals surface area contributed by atoms with Crippen LogP contribution in [0.15, 0.2) is 18.2 Å². The number of hydrogen-bond acceptors (Lipinski definition) is 4. The number of aromatic nitrogens is 1. The highest BCUT2D eigenvalue weighted by molar-refractivity contribution is 7.13. The molecule has 1 saturated heterocycles. The zero-order chi connectivity index (χ0) is 20.4. The molecule has 28 heavy (non-hydrogen) atoms. The van der Waals surface area contributed by atoms with Gasteiger partial charge in [-0.1, -0.05) is 19.9 Å². The van der Waals surface area contributed by atoms with Gasteiger partial charge < -0.3 is 9.80 Å². The minimum atomic E-state index is -0.377. The van der Waals surface area contributed by atoms with Gasteiger partial charge in [0, 0.05) is 38.2 Å². The van der Waals surface area contributed by atoms with Gasteiger partial charge in [0.1, 0.15) is 10.7 Å². The minimum Gasteiger partial charge on any atom is -0.335 e. The lowest BCUT2D eigenvalue weighted by Gasteiger charge is -2.34. The van der Waals surface area contributed by atoms with Crippen molar-refractivity contribution in [2.24, 2.45) is 5.92 Å². The van der Waals surface area contributed by atoms with Crippen LogP contribution in [0.2, 0.25) is 0 Å². The fraction of sp³-hybridized carbons (Fsp3) is 0.476. The average Bonchev–Trinajstić information content (AvgIpc) is 3.02. The highest BCUT2D eigenvalue weighted by Gasteiger charge is 2.28. The molecule has 0 atom stereocenters. The predicted octanol–water partition coefficient (Wildman–Crippen LogP) is 3.70. The quantitative estimate of drug-likeness (QED) is 0.782. The Morgan fingerprint density at radius 3 is 2.29 bits per heavy atom. The summed E-state index contributed by atoms with van der Waals surface area (Å²) in [5.74, 6) is -0.0927. The number of rotatable bonds is 4. The number of nitrogens with zero attached hydrogens (tertiary/aromatic N) is 3. The molecule has 0 aliphatic carbocycles. The number of hydrogen-bond donors (Lipinski definition) is 0. The van der Waals surface area contributed by atoms with Crippen LogP contribution >= 0.6 is 11.3 Å². The summed E-state index contributed by atoms with van der Waals surface area (Å²) < 4.78 is 13.8. The molecule has 0 N–H and O–H groups in total. The highest BCUT2D eigenvalue weighted by Crippen LogP contribution is 2.23. The SMILES string of the molecule is Cc1ccc(C(=O)N2CCN(C(=O)c3sc(CC(C)C)nc3C)CC2)cc1F. The van der Waals surface area contributed by atoms with Crippen molar-refractivity contribution in [3.63, 3.8) is 0 Å². The zero-order valence-electron chi connectivity index (χ0n) is 16.8. The largest absolute Gasteiger partial charge is 0.335 e. The molecule has 150 valence electrons. The lowest BCUT2D eigenvalue weighted by molar-refractivity contribution is 0.0537. The number of carbonyl (C=O) groups is 2. The number of benzene rings is 1. The van der Waals surface area contributed by atoms with E-state index in [1.807, 2.05) is 6.92 Å². The Balaban J connectivity index is 1.63. The molecule has 0 bridgehead atoms. The molecule has 0 unspecified atom stereocenters. The van der Waals surface area contributed by atoms with Crippen molar-refractivity contribution < 1.29 is 14.0 Å². The molecule has 3 rings (SSSR count). The molecule has 1 aromatic carbocycles. The number of halogens is 1. The summed E-state index contributed by atoms with van der Waals surface area (Å²) in [7, 11) is 0. The van der Waals surface area contributed by atoms with E-state index in [9.17, 15) is 14.0 Å². The van der Waals surface area contributed by atoms with Gasteiger partial charge in [0.05, 0.1) is 10.7 Å². The van der Waals surface area contributed by atoms with Crippen LogP contribution in [-0.4, -0.2) is 52.8 Å². The number of carbonyl (C=O) groups excluding carboxylic acids is 2. The van der Waals surface area contributed by atoms with Crippen molar-refractivity contribution in [3.05, 3.63) is 50.7 Å². The van der Waals surface area contributed by atoms with Crippen LogP contribution in [-0.2, 0) is 6.42 Å². The Labute approximate surface area is 169 Å². The van der Waals surface area contributed by atoms with Crippen molar-refractivity contribution in [1.29, 1.82) is 0 Å². The molecule has 1 aliphatic rings. The molecule has 1 aromatic heterocycles. The van der Waals surface area contributed by atoms with Crippen molar-refractivity contribution in [3.8, 4) is 0 Å². The standard InChI is InChI=1S/C21H26FN3O2S/c1-13(2)11-18-23-15(4)19(28-18)21(27)25-9-7-24(8-10-25)20(26)16-6-5-14(3)17(22)12-16/h5-6,12-13H,7-11H2,1-4H3. The number of thiazole rings is 1. The van der Waals surface area contributed by atoms with Crippen LogP contribution in [0.4, 0.5) is 4.39 Å². The smallest absolute Gasteiger partial charge is 0.265 e. The van der Waals surface area contributed by atoms with Gasteiger partial charge in [0.25, 0.3) is 11.8 Å². The van der Waals surface area contributed by atoms with E-state index in [1.54, 1.807) is 28.9 Å². The fourth-order valence-electron chi connectivity index (χ4n) is 3.25. The van der Waals surface area contributed by atoms with Crippen molar-refractivity contribution in [2.75, 3.05) is 26.2 Å². The molecule has 0 spiro atoms. The Morgan fingerprint density at radius 1 is 1.11 bits per heavy atom. The zero-order valence-corrected chi connectivity index (χ0v) is 17.6. The van der Waals surface area contributed by atoms with E-state index in [4.69, 9.17) is 0 Å². The van der Waals surface area contributed by atoms with Crippen LogP contribution < -0.4 is 0 Å². The van der Waals surface area contributed by atoms with Gasteiger partial charge in [0.15, 0.2) is 0 Å². The van der Waals surface area contributed by atoms with Gasteiger partial charge in [-0.2, -0.15) is 0 Å². The van der Waals surface area contributed by atoms with E-state index < -0.39 is 0 Å². The molecule has 2 amide bonds. The fourth-order valence-corrected chi connectivity index (χ4v) is 4.50. The highest BCUT2D eigenvalue weighted by atomic mass is 32.1. The first kappa shape index (κ1) is 20.5. The molecule has 0 radical (unpaired) electrons. The minimum absolute atomic E-state index is 0.0153. The van der Waals surface area contributed by atoms with Crippen LogP contribution in [0.5, 0.6) is 0 Å². The molecule has 1 fully saturated rings. The maximum atomic E-state index is 13.8. The van der Waals surface area contributed by atoms with E-state index >= 15 is 0 Å². The first-order valence-corrected chi connectivity index (χ1v) is 10.4. The molecular formula is C21H26FN3O2S. The van der Waals surface area contributed by atoms with Crippen molar-refractivity contribution in [1.82, 2.24) is 14.8 Å². The predicted molar refractivity (Wildman–Crippen MR) is 108 cm³/mol. The van der Waals surface area contributed by atoms with E-state index in [1.165, 1.54) is 17.4 Å². The van der Waals surface area contributed by atoms with Gasteiger partial charge in [-0.15, -0.1) is 11.3 Å². The molecule has 5 nitrogen and oxygen atoms in total. The third-order valence-corrected chi connectivity index (χ3v) is 6.06. The van der Waals surface area contributed by atoms with Gasteiger partial charge in [-0.3, -0.25) is 9.59 Å². The Morgan fingerprint density at radius 2 is 1.71 bits per heavy atom. The average molecular weight is 404 g/mol. The second-order valence-electron chi connectivity index (χ2n) is 7.67. The summed E-state index contributed by atoms with van der Waals surface area (Å²) >= 11 is 1.47. The first-order valence-electron chi connectivity index (χ1n) is 9.57. The maximum Gasteiger partial charge on any atom is 0.265 e. The molecular weight excluding hydrogens is 377 g/mol. The summed E-state index contributed by atoms with van der Waals surface area (Å²) in [6, 6.07) is 4.55. The van der Waals surface area contributed by atoms with Crippen LogP contribution in [0.25, 0.3) is 0 Å². The molecule has 7 heteroatoms. The first-order chi connectivity index (χ1) is 13.3. The van der Waals surface area contributed by atoms with Crippen LogP contribution in [0.3, 0.4) is 0 Å². The lowest BCUT2D eigenvalue weighted by Crippen LogP contribution is -2.50.